The summed E-state index contributed by atoms with van der Waals surface area (Å²) in [6.45, 7) is 4.16. The van der Waals surface area contributed by atoms with Gasteiger partial charge < -0.3 is 10.6 Å². The monoisotopic (exact) mass is 377 g/mol. The second-order valence-electron chi connectivity index (χ2n) is 5.78. The Morgan fingerprint density at radius 1 is 1.32 bits per heavy atom. The van der Waals surface area contributed by atoms with Crippen molar-refractivity contribution < 1.29 is 22.8 Å². The summed E-state index contributed by atoms with van der Waals surface area (Å²) >= 11 is 5.51. The van der Waals surface area contributed by atoms with Gasteiger partial charge in [-0.3, -0.25) is 14.5 Å². The van der Waals surface area contributed by atoms with Crippen molar-refractivity contribution in [3.05, 3.63) is 28.8 Å². The van der Waals surface area contributed by atoms with Crippen LogP contribution in [0.5, 0.6) is 0 Å². The molecule has 1 aliphatic rings. The SMILES string of the molecule is CCN1CCC[C@@H]1CNC(=O)C(=O)Nc1ccc(Cl)c(C(F)(F)F)c1. The molecular weight excluding hydrogens is 359 g/mol. The molecule has 1 atom stereocenters. The van der Waals surface area contributed by atoms with Crippen molar-refractivity contribution in [1.29, 1.82) is 0 Å². The summed E-state index contributed by atoms with van der Waals surface area (Å²) < 4.78 is 38.4. The molecule has 2 N–H and O–H groups in total. The van der Waals surface area contributed by atoms with Gasteiger partial charge in [0.1, 0.15) is 0 Å². The van der Waals surface area contributed by atoms with Crippen LogP contribution in [0.25, 0.3) is 0 Å². The summed E-state index contributed by atoms with van der Waals surface area (Å²) in [5, 5.41) is 4.21. The third-order valence-electron chi connectivity index (χ3n) is 4.14. The second-order valence-corrected chi connectivity index (χ2v) is 6.19. The minimum atomic E-state index is -4.65. The van der Waals surface area contributed by atoms with Gasteiger partial charge in [-0.05, 0) is 44.1 Å². The highest BCUT2D eigenvalue weighted by Gasteiger charge is 2.33. The third-order valence-corrected chi connectivity index (χ3v) is 4.47. The number of rotatable bonds is 4. The fourth-order valence-electron chi connectivity index (χ4n) is 2.84. The molecule has 1 fully saturated rings. The van der Waals surface area contributed by atoms with Crippen LogP contribution in [0.2, 0.25) is 5.02 Å². The molecule has 138 valence electrons. The van der Waals surface area contributed by atoms with E-state index in [1.165, 1.54) is 6.07 Å². The standard InChI is InChI=1S/C16H19ClF3N3O2/c1-2-23-7-3-4-11(23)9-21-14(24)15(25)22-10-5-6-13(17)12(8-10)16(18,19)20/h5-6,8,11H,2-4,7,9H2,1H3,(H,21,24)(H,22,25)/t11-/m1/s1. The summed E-state index contributed by atoms with van der Waals surface area (Å²) in [6, 6.07) is 3.10. The molecule has 0 unspecified atom stereocenters. The fraction of sp³-hybridized carbons (Fsp3) is 0.500. The molecule has 9 heteroatoms. The van der Waals surface area contributed by atoms with E-state index in [0.717, 1.165) is 32.0 Å². The van der Waals surface area contributed by atoms with E-state index in [1.807, 2.05) is 6.92 Å². The molecule has 0 aromatic heterocycles. The van der Waals surface area contributed by atoms with E-state index in [2.05, 4.69) is 15.5 Å². The molecule has 0 radical (unpaired) electrons. The van der Waals surface area contributed by atoms with Gasteiger partial charge in [0.05, 0.1) is 10.6 Å². The van der Waals surface area contributed by atoms with Gasteiger partial charge >= 0.3 is 18.0 Å². The minimum absolute atomic E-state index is 0.145. The third kappa shape index (κ3) is 5.09. The van der Waals surface area contributed by atoms with Crippen LogP contribution in [-0.4, -0.2) is 42.4 Å². The first-order chi connectivity index (χ1) is 11.7. The second kappa shape index (κ2) is 8.05. The summed E-state index contributed by atoms with van der Waals surface area (Å²) in [7, 11) is 0. The Morgan fingerprint density at radius 2 is 2.04 bits per heavy atom. The molecular formula is C16H19ClF3N3O2. The molecule has 2 amide bonds. The lowest BCUT2D eigenvalue weighted by Gasteiger charge is -2.22. The maximum atomic E-state index is 12.8. The van der Waals surface area contributed by atoms with Crippen molar-refractivity contribution in [2.45, 2.75) is 32.0 Å². The van der Waals surface area contributed by atoms with Crippen LogP contribution >= 0.6 is 11.6 Å². The van der Waals surface area contributed by atoms with Crippen LogP contribution in [0, 0.1) is 0 Å². The van der Waals surface area contributed by atoms with Crippen LogP contribution in [0.3, 0.4) is 0 Å². The number of carbonyl (C=O) groups excluding carboxylic acids is 2. The number of alkyl halides is 3. The molecule has 5 nitrogen and oxygen atoms in total. The van der Waals surface area contributed by atoms with Gasteiger partial charge in [0, 0.05) is 18.3 Å². The van der Waals surface area contributed by atoms with Crippen LogP contribution in [0.4, 0.5) is 18.9 Å². The maximum Gasteiger partial charge on any atom is 0.417 e. The van der Waals surface area contributed by atoms with Gasteiger partial charge in [0.2, 0.25) is 0 Å². The number of carbonyl (C=O) groups is 2. The molecule has 0 spiro atoms. The van der Waals surface area contributed by atoms with E-state index < -0.39 is 28.6 Å². The van der Waals surface area contributed by atoms with Crippen molar-refractivity contribution >= 4 is 29.1 Å². The normalized spacial score (nSPS) is 18.2. The van der Waals surface area contributed by atoms with Crippen LogP contribution in [-0.2, 0) is 15.8 Å². The predicted octanol–water partition coefficient (Wildman–Crippen LogP) is 2.90. The average molecular weight is 378 g/mol. The largest absolute Gasteiger partial charge is 0.417 e. The lowest BCUT2D eigenvalue weighted by atomic mass is 10.2. The lowest BCUT2D eigenvalue weighted by molar-refractivity contribution is -0.137. The summed E-state index contributed by atoms with van der Waals surface area (Å²) in [5.74, 6) is -1.90. The number of halogens is 4. The zero-order chi connectivity index (χ0) is 18.6. The van der Waals surface area contributed by atoms with Crippen molar-refractivity contribution in [2.75, 3.05) is 25.0 Å². The lowest BCUT2D eigenvalue weighted by Crippen LogP contribution is -2.43. The van der Waals surface area contributed by atoms with Gasteiger partial charge in [0.15, 0.2) is 0 Å². The van der Waals surface area contributed by atoms with Crippen LogP contribution in [0.1, 0.15) is 25.3 Å². The molecule has 1 saturated heterocycles. The average Bonchev–Trinajstić information content (AvgIpc) is 3.00. The molecule has 0 bridgehead atoms. The Balaban J connectivity index is 1.94. The zero-order valence-electron chi connectivity index (χ0n) is 13.6. The van der Waals surface area contributed by atoms with Gasteiger partial charge in [-0.1, -0.05) is 18.5 Å². The highest BCUT2D eigenvalue weighted by atomic mass is 35.5. The highest BCUT2D eigenvalue weighted by molar-refractivity contribution is 6.39. The Morgan fingerprint density at radius 3 is 2.68 bits per heavy atom. The quantitative estimate of drug-likeness (QED) is 0.793. The molecule has 0 saturated carbocycles. The topological polar surface area (TPSA) is 61.4 Å². The Bertz CT molecular complexity index is 652. The van der Waals surface area contributed by atoms with Gasteiger partial charge in [-0.2, -0.15) is 13.2 Å². The van der Waals surface area contributed by atoms with E-state index in [-0.39, 0.29) is 11.7 Å². The van der Waals surface area contributed by atoms with Crippen molar-refractivity contribution in [2.24, 2.45) is 0 Å². The molecule has 1 aromatic rings. The summed E-state index contributed by atoms with van der Waals surface area (Å²) in [4.78, 5) is 25.9. The van der Waals surface area contributed by atoms with Gasteiger partial charge in [0.25, 0.3) is 0 Å². The zero-order valence-corrected chi connectivity index (χ0v) is 14.4. The Hall–Kier alpha value is -1.80. The fourth-order valence-corrected chi connectivity index (χ4v) is 3.07. The van der Waals surface area contributed by atoms with Crippen molar-refractivity contribution in [3.8, 4) is 0 Å². The number of nitrogens with one attached hydrogen (secondary N) is 2. The number of benzene rings is 1. The summed E-state index contributed by atoms with van der Waals surface area (Å²) in [5.41, 5.74) is -1.22. The summed E-state index contributed by atoms with van der Waals surface area (Å²) in [6.07, 6.45) is -2.68. The molecule has 1 heterocycles. The molecule has 1 aromatic carbocycles. The van der Waals surface area contributed by atoms with Crippen LogP contribution < -0.4 is 10.6 Å². The van der Waals surface area contributed by atoms with E-state index in [4.69, 9.17) is 11.6 Å². The van der Waals surface area contributed by atoms with Crippen molar-refractivity contribution in [3.63, 3.8) is 0 Å². The Kier molecular flexibility index (Phi) is 6.29. The minimum Gasteiger partial charge on any atom is -0.346 e. The van der Waals surface area contributed by atoms with E-state index in [9.17, 15) is 22.8 Å². The Labute approximate surface area is 148 Å². The number of anilines is 1. The highest BCUT2D eigenvalue weighted by Crippen LogP contribution is 2.36. The number of likely N-dealkylation sites (N-methyl/N-ethyl adjacent to an activating group) is 1. The van der Waals surface area contributed by atoms with E-state index >= 15 is 0 Å². The van der Waals surface area contributed by atoms with Crippen LogP contribution in [0.15, 0.2) is 18.2 Å². The number of likely N-dealkylation sites (tertiary alicyclic amines) is 1. The molecule has 0 aliphatic carbocycles. The molecule has 1 aliphatic heterocycles. The van der Waals surface area contributed by atoms with Gasteiger partial charge in [-0.25, -0.2) is 0 Å². The molecule has 2 rings (SSSR count). The molecule has 25 heavy (non-hydrogen) atoms. The first kappa shape index (κ1) is 19.5. The number of hydrogen-bond donors (Lipinski definition) is 2. The number of amides is 2. The van der Waals surface area contributed by atoms with E-state index in [0.29, 0.717) is 12.6 Å². The van der Waals surface area contributed by atoms with Crippen molar-refractivity contribution in [1.82, 2.24) is 10.2 Å². The predicted molar refractivity (Wildman–Crippen MR) is 88.4 cm³/mol. The smallest absolute Gasteiger partial charge is 0.346 e. The van der Waals surface area contributed by atoms with E-state index in [1.54, 1.807) is 0 Å². The first-order valence-corrected chi connectivity index (χ1v) is 8.30. The first-order valence-electron chi connectivity index (χ1n) is 7.92. The number of nitrogens with zero attached hydrogens (tertiary/aromatic N) is 1. The number of hydrogen-bond acceptors (Lipinski definition) is 3. The maximum absolute atomic E-state index is 12.8. The van der Waals surface area contributed by atoms with Gasteiger partial charge in [-0.15, -0.1) is 0 Å².